The molecule has 0 spiro atoms. The number of rotatable bonds is 6. The fourth-order valence-electron chi connectivity index (χ4n) is 1.94. The second-order valence-electron chi connectivity index (χ2n) is 4.80. The van der Waals surface area contributed by atoms with Crippen LogP contribution in [0.15, 0.2) is 41.6 Å². The Morgan fingerprint density at radius 2 is 2.00 bits per heavy atom. The molecular formula is C14H13F3N2O4S. The highest BCUT2D eigenvalue weighted by molar-refractivity contribution is 7.90. The number of halogens is 3. The summed E-state index contributed by atoms with van der Waals surface area (Å²) in [4.78, 5) is 15.4. The molecular weight excluding hydrogens is 349 g/mol. The molecule has 1 amide bonds. The molecule has 10 heteroatoms. The smallest absolute Gasteiger partial charge is 0.372 e. The highest BCUT2D eigenvalue weighted by Crippen LogP contribution is 2.21. The van der Waals surface area contributed by atoms with Crippen molar-refractivity contribution in [2.24, 2.45) is 0 Å². The average Bonchev–Trinajstić information content (AvgIpc) is 2.49. The standard InChI is InChI=1S/C14H13F3N2O4S/c15-14(16,17)9-23-7-5-13(20)19-24(21,22)12-3-1-2-10-8-18-6-4-11(10)12/h1-4,6,8H,5,7,9H2,(H,19,20). The third-order valence-electron chi connectivity index (χ3n) is 2.92. The molecule has 0 aliphatic heterocycles. The summed E-state index contributed by atoms with van der Waals surface area (Å²) in [5.41, 5.74) is 0. The van der Waals surface area contributed by atoms with Gasteiger partial charge in [0.25, 0.3) is 10.0 Å². The van der Waals surface area contributed by atoms with Crippen molar-refractivity contribution in [3.63, 3.8) is 0 Å². The van der Waals surface area contributed by atoms with Crippen LogP contribution in [0.1, 0.15) is 6.42 Å². The lowest BCUT2D eigenvalue weighted by molar-refractivity contribution is -0.174. The minimum Gasteiger partial charge on any atom is -0.372 e. The van der Waals surface area contributed by atoms with Gasteiger partial charge < -0.3 is 4.74 Å². The normalized spacial score (nSPS) is 12.3. The molecule has 1 N–H and O–H groups in total. The molecule has 0 aliphatic carbocycles. The minimum atomic E-state index is -4.50. The molecule has 0 saturated heterocycles. The molecule has 1 aromatic carbocycles. The van der Waals surface area contributed by atoms with Crippen LogP contribution in [-0.4, -0.2) is 38.7 Å². The molecule has 130 valence electrons. The van der Waals surface area contributed by atoms with Crippen molar-refractivity contribution in [2.75, 3.05) is 13.2 Å². The minimum absolute atomic E-state index is 0.119. The van der Waals surface area contributed by atoms with Crippen LogP contribution >= 0.6 is 0 Å². The number of nitrogens with one attached hydrogen (secondary N) is 1. The quantitative estimate of drug-likeness (QED) is 0.795. The van der Waals surface area contributed by atoms with Crippen LogP contribution < -0.4 is 4.72 Å². The van der Waals surface area contributed by atoms with E-state index in [0.29, 0.717) is 10.8 Å². The van der Waals surface area contributed by atoms with E-state index in [4.69, 9.17) is 0 Å². The Morgan fingerprint density at radius 3 is 2.71 bits per heavy atom. The van der Waals surface area contributed by atoms with E-state index in [2.05, 4.69) is 9.72 Å². The fourth-order valence-corrected chi connectivity index (χ4v) is 3.18. The highest BCUT2D eigenvalue weighted by atomic mass is 32.2. The number of fused-ring (bicyclic) bond motifs is 1. The van der Waals surface area contributed by atoms with Crippen molar-refractivity contribution in [2.45, 2.75) is 17.5 Å². The first-order valence-electron chi connectivity index (χ1n) is 6.72. The number of sulfonamides is 1. The molecule has 0 atom stereocenters. The SMILES string of the molecule is O=C(CCOCC(F)(F)F)NS(=O)(=O)c1cccc2cnccc12. The number of carbonyl (C=O) groups is 1. The predicted octanol–water partition coefficient (Wildman–Crippen LogP) is 2.01. The van der Waals surface area contributed by atoms with Gasteiger partial charge in [-0.3, -0.25) is 9.78 Å². The Balaban J connectivity index is 2.04. The molecule has 0 bridgehead atoms. The zero-order chi connectivity index (χ0) is 17.8. The summed E-state index contributed by atoms with van der Waals surface area (Å²) in [5, 5.41) is 0.947. The maximum Gasteiger partial charge on any atom is 0.411 e. The number of amides is 1. The molecule has 0 radical (unpaired) electrons. The zero-order valence-corrected chi connectivity index (χ0v) is 13.0. The Morgan fingerprint density at radius 1 is 1.25 bits per heavy atom. The van der Waals surface area contributed by atoms with Gasteiger partial charge in [0.1, 0.15) is 6.61 Å². The van der Waals surface area contributed by atoms with E-state index in [1.54, 1.807) is 6.07 Å². The number of nitrogens with zero attached hydrogens (tertiary/aromatic N) is 1. The predicted molar refractivity (Wildman–Crippen MR) is 78.6 cm³/mol. The molecule has 0 unspecified atom stereocenters. The molecule has 24 heavy (non-hydrogen) atoms. The first-order chi connectivity index (χ1) is 11.2. The lowest BCUT2D eigenvalue weighted by atomic mass is 10.2. The van der Waals surface area contributed by atoms with Gasteiger partial charge in [-0.2, -0.15) is 13.2 Å². The van der Waals surface area contributed by atoms with Gasteiger partial charge in [-0.05, 0) is 12.1 Å². The van der Waals surface area contributed by atoms with Crippen LogP contribution in [0.5, 0.6) is 0 Å². The first-order valence-corrected chi connectivity index (χ1v) is 8.20. The Labute approximate surface area is 135 Å². The van der Waals surface area contributed by atoms with Gasteiger partial charge in [-0.15, -0.1) is 0 Å². The van der Waals surface area contributed by atoms with E-state index < -0.39 is 41.7 Å². The second-order valence-corrected chi connectivity index (χ2v) is 6.45. The van der Waals surface area contributed by atoms with Crippen LogP contribution in [0.2, 0.25) is 0 Å². The fraction of sp³-hybridized carbons (Fsp3) is 0.286. The molecule has 2 rings (SSSR count). The maximum atomic E-state index is 12.3. The number of hydrogen-bond donors (Lipinski definition) is 1. The van der Waals surface area contributed by atoms with E-state index in [0.717, 1.165) is 0 Å². The topological polar surface area (TPSA) is 85.4 Å². The molecule has 0 saturated carbocycles. The van der Waals surface area contributed by atoms with Crippen molar-refractivity contribution in [1.82, 2.24) is 9.71 Å². The molecule has 2 aromatic rings. The monoisotopic (exact) mass is 362 g/mol. The number of hydrogen-bond acceptors (Lipinski definition) is 5. The largest absolute Gasteiger partial charge is 0.411 e. The maximum absolute atomic E-state index is 12.3. The van der Waals surface area contributed by atoms with Crippen LogP contribution in [0.25, 0.3) is 10.8 Å². The molecule has 6 nitrogen and oxygen atoms in total. The van der Waals surface area contributed by atoms with Crippen molar-refractivity contribution in [1.29, 1.82) is 0 Å². The van der Waals surface area contributed by atoms with Gasteiger partial charge in [0.05, 0.1) is 17.9 Å². The summed E-state index contributed by atoms with van der Waals surface area (Å²) in [5.74, 6) is -0.955. The summed E-state index contributed by atoms with van der Waals surface area (Å²) in [6.45, 7) is -2.04. The number of pyridine rings is 1. The van der Waals surface area contributed by atoms with Crippen molar-refractivity contribution in [3.05, 3.63) is 36.7 Å². The molecule has 1 aromatic heterocycles. The van der Waals surface area contributed by atoms with Crippen LogP contribution in [0.3, 0.4) is 0 Å². The van der Waals surface area contributed by atoms with Crippen molar-refractivity contribution >= 4 is 26.7 Å². The Bertz CT molecular complexity index is 832. The van der Waals surface area contributed by atoms with Crippen molar-refractivity contribution in [3.8, 4) is 0 Å². The Hall–Kier alpha value is -2.20. The van der Waals surface area contributed by atoms with E-state index in [1.807, 2.05) is 4.72 Å². The lowest BCUT2D eigenvalue weighted by Crippen LogP contribution is -2.31. The summed E-state index contributed by atoms with van der Waals surface area (Å²) >= 11 is 0. The van der Waals surface area contributed by atoms with E-state index in [9.17, 15) is 26.4 Å². The number of benzene rings is 1. The van der Waals surface area contributed by atoms with Crippen LogP contribution in [-0.2, 0) is 19.6 Å². The van der Waals surface area contributed by atoms with E-state index >= 15 is 0 Å². The van der Waals surface area contributed by atoms with E-state index in [1.165, 1.54) is 30.6 Å². The average molecular weight is 362 g/mol. The van der Waals surface area contributed by atoms with E-state index in [-0.39, 0.29) is 4.90 Å². The van der Waals surface area contributed by atoms with Gasteiger partial charge in [-0.1, -0.05) is 12.1 Å². The molecule has 0 fully saturated rings. The summed E-state index contributed by atoms with van der Waals surface area (Å²) in [6, 6.07) is 5.96. The highest BCUT2D eigenvalue weighted by Gasteiger charge is 2.27. The Kier molecular flexibility index (Phi) is 5.40. The van der Waals surface area contributed by atoms with Gasteiger partial charge in [0.2, 0.25) is 5.91 Å². The summed E-state index contributed by atoms with van der Waals surface area (Å²) < 4.78 is 66.3. The number of carbonyl (C=O) groups excluding carboxylic acids is 1. The number of ether oxygens (including phenoxy) is 1. The lowest BCUT2D eigenvalue weighted by Gasteiger charge is -2.10. The van der Waals surface area contributed by atoms with Crippen LogP contribution in [0, 0.1) is 0 Å². The van der Waals surface area contributed by atoms with Gasteiger partial charge in [0, 0.05) is 23.2 Å². The van der Waals surface area contributed by atoms with Crippen molar-refractivity contribution < 1.29 is 31.1 Å². The van der Waals surface area contributed by atoms with Gasteiger partial charge in [0.15, 0.2) is 0 Å². The molecule has 1 heterocycles. The summed E-state index contributed by atoms with van der Waals surface area (Å²) in [6.07, 6.45) is -2.13. The van der Waals surface area contributed by atoms with Crippen LogP contribution in [0.4, 0.5) is 13.2 Å². The zero-order valence-electron chi connectivity index (χ0n) is 12.2. The molecule has 0 aliphatic rings. The first kappa shape index (κ1) is 18.1. The third-order valence-corrected chi connectivity index (χ3v) is 4.35. The third kappa shape index (κ3) is 4.90. The number of alkyl halides is 3. The second kappa shape index (κ2) is 7.14. The van der Waals surface area contributed by atoms with Gasteiger partial charge >= 0.3 is 6.18 Å². The number of aromatic nitrogens is 1. The summed E-state index contributed by atoms with van der Waals surface area (Å²) in [7, 11) is -4.16. The van der Waals surface area contributed by atoms with Gasteiger partial charge in [-0.25, -0.2) is 13.1 Å².